The van der Waals surface area contributed by atoms with Crippen LogP contribution in [0.15, 0.2) is 24.9 Å². The number of hydrogen-bond acceptors (Lipinski definition) is 6. The Kier molecular flexibility index (Phi) is 4.33. The predicted octanol–water partition coefficient (Wildman–Crippen LogP) is -0.0462. The average molecular weight is 321 g/mol. The zero-order chi connectivity index (χ0) is 16.4. The number of rotatable bonds is 4. The first kappa shape index (κ1) is 15.5. The number of aromatic nitrogens is 2. The molecule has 8 nitrogen and oxygen atoms in total. The summed E-state index contributed by atoms with van der Waals surface area (Å²) in [5.74, 6) is 0. The molecule has 3 rings (SSSR count). The molecule has 124 valence electrons. The third-order valence-corrected chi connectivity index (χ3v) is 3.93. The third kappa shape index (κ3) is 2.94. The van der Waals surface area contributed by atoms with Gasteiger partial charge in [0.05, 0.1) is 26.3 Å². The molecule has 0 aliphatic carbocycles. The van der Waals surface area contributed by atoms with Crippen molar-refractivity contribution in [3.8, 4) is 0 Å². The molecule has 0 bridgehead atoms. The minimum Gasteiger partial charge on any atom is -0.405 e. The largest absolute Gasteiger partial charge is 0.405 e. The fraction of sp³-hybridized carbons (Fsp3) is 0.533. The zero-order valence-corrected chi connectivity index (χ0v) is 13.0. The number of aromatic amines is 1. The normalized spacial score (nSPS) is 15.3. The maximum atomic E-state index is 12.8. The van der Waals surface area contributed by atoms with Crippen LogP contribution < -0.4 is 21.9 Å². The van der Waals surface area contributed by atoms with Crippen LogP contribution in [0.25, 0.3) is 11.1 Å². The van der Waals surface area contributed by atoms with E-state index < -0.39 is 16.9 Å². The number of aryl methyl sites for hydroxylation is 1. The molecular weight excluding hydrogens is 302 g/mol. The molecule has 1 aliphatic rings. The minimum atomic E-state index is -0.611. The molecule has 1 saturated heterocycles. The molecule has 0 spiro atoms. The molecule has 2 aromatic rings. The topological polar surface area (TPSA) is 97.5 Å². The van der Waals surface area contributed by atoms with E-state index >= 15 is 0 Å². The molecule has 0 amide bonds. The molecular formula is C15H19N3O5. The number of nitrogens with zero attached hydrogens (tertiary/aromatic N) is 2. The van der Waals surface area contributed by atoms with Crippen molar-refractivity contribution in [1.82, 2.24) is 9.66 Å². The Hall–Kier alpha value is -2.35. The summed E-state index contributed by atoms with van der Waals surface area (Å²) in [7, 11) is 0. The number of H-pyrrole nitrogens is 1. The van der Waals surface area contributed by atoms with Crippen LogP contribution in [0.4, 0.5) is 0 Å². The van der Waals surface area contributed by atoms with Gasteiger partial charge < -0.3 is 14.2 Å². The Balaban J connectivity index is 2.23. The minimum absolute atomic E-state index is 0.0527. The number of morpholine rings is 1. The van der Waals surface area contributed by atoms with Gasteiger partial charge in [0, 0.05) is 6.07 Å². The van der Waals surface area contributed by atoms with Crippen LogP contribution in [0.5, 0.6) is 0 Å². The van der Waals surface area contributed by atoms with Crippen molar-refractivity contribution in [2.24, 2.45) is 0 Å². The standard InChI is InChI=1S/C15H19N3O5/c1-2-3-4-10-9-11(19)23-13-12(10)14(20)18(15(21)16-13)17-5-7-22-8-6-17/h9H,2-8H2,1H3,(H,16,21). The Morgan fingerprint density at radius 2 is 1.96 bits per heavy atom. The Labute approximate surface area is 131 Å². The van der Waals surface area contributed by atoms with Crippen LogP contribution in [0.1, 0.15) is 25.3 Å². The first-order chi connectivity index (χ1) is 11.1. The molecule has 3 heterocycles. The second kappa shape index (κ2) is 6.41. The van der Waals surface area contributed by atoms with E-state index in [2.05, 4.69) is 4.98 Å². The first-order valence-electron chi connectivity index (χ1n) is 7.77. The van der Waals surface area contributed by atoms with Gasteiger partial charge in [-0.1, -0.05) is 13.3 Å². The highest BCUT2D eigenvalue weighted by Gasteiger charge is 2.20. The lowest BCUT2D eigenvalue weighted by Crippen LogP contribution is -2.55. The van der Waals surface area contributed by atoms with Crippen molar-refractivity contribution in [3.63, 3.8) is 0 Å². The van der Waals surface area contributed by atoms with Crippen molar-refractivity contribution < 1.29 is 9.15 Å². The van der Waals surface area contributed by atoms with Gasteiger partial charge in [0.2, 0.25) is 5.71 Å². The van der Waals surface area contributed by atoms with Gasteiger partial charge in [-0.05, 0) is 18.4 Å². The Morgan fingerprint density at radius 3 is 2.65 bits per heavy atom. The van der Waals surface area contributed by atoms with Gasteiger partial charge in [0.15, 0.2) is 0 Å². The maximum Gasteiger partial charge on any atom is 0.350 e. The molecule has 1 aliphatic heterocycles. The molecule has 0 radical (unpaired) electrons. The van der Waals surface area contributed by atoms with Crippen LogP contribution in [0, 0.1) is 0 Å². The fourth-order valence-electron chi connectivity index (χ4n) is 2.79. The molecule has 0 unspecified atom stereocenters. The summed E-state index contributed by atoms with van der Waals surface area (Å²) in [5.41, 5.74) is -1.08. The summed E-state index contributed by atoms with van der Waals surface area (Å²) in [4.78, 5) is 39.3. The summed E-state index contributed by atoms with van der Waals surface area (Å²) in [5, 5.41) is 1.92. The molecule has 2 aromatic heterocycles. The fourth-order valence-corrected chi connectivity index (χ4v) is 2.79. The van der Waals surface area contributed by atoms with Gasteiger partial charge in [-0.25, -0.2) is 9.59 Å². The van der Waals surface area contributed by atoms with E-state index in [0.717, 1.165) is 17.5 Å². The van der Waals surface area contributed by atoms with Gasteiger partial charge >= 0.3 is 11.3 Å². The SMILES string of the molecule is CCCCc1cc(=O)oc2[nH]c(=O)n(N3CCOCC3)c(=O)c12. The van der Waals surface area contributed by atoms with Gasteiger partial charge in [-0.2, -0.15) is 4.68 Å². The van der Waals surface area contributed by atoms with E-state index in [1.54, 1.807) is 5.01 Å². The van der Waals surface area contributed by atoms with Gasteiger partial charge in [-0.15, -0.1) is 0 Å². The Morgan fingerprint density at radius 1 is 1.22 bits per heavy atom. The van der Waals surface area contributed by atoms with Crippen LogP contribution in [0.2, 0.25) is 0 Å². The van der Waals surface area contributed by atoms with Crippen molar-refractivity contribution in [3.05, 3.63) is 42.9 Å². The van der Waals surface area contributed by atoms with Gasteiger partial charge in [0.25, 0.3) is 5.56 Å². The van der Waals surface area contributed by atoms with E-state index in [0.29, 0.717) is 38.3 Å². The number of nitrogens with one attached hydrogen (secondary N) is 1. The van der Waals surface area contributed by atoms with Gasteiger partial charge in [0.1, 0.15) is 5.39 Å². The number of fused-ring (bicyclic) bond motifs is 1. The zero-order valence-electron chi connectivity index (χ0n) is 13.0. The lowest BCUT2D eigenvalue weighted by molar-refractivity contribution is 0.110. The number of hydrogen-bond donors (Lipinski definition) is 1. The van der Waals surface area contributed by atoms with Crippen molar-refractivity contribution >= 4 is 11.1 Å². The molecule has 8 heteroatoms. The van der Waals surface area contributed by atoms with E-state index in [-0.39, 0.29) is 11.1 Å². The van der Waals surface area contributed by atoms with Crippen LogP contribution in [0.3, 0.4) is 0 Å². The smallest absolute Gasteiger partial charge is 0.350 e. The first-order valence-corrected chi connectivity index (χ1v) is 7.77. The lowest BCUT2D eigenvalue weighted by Gasteiger charge is -2.29. The molecule has 0 aromatic carbocycles. The lowest BCUT2D eigenvalue weighted by atomic mass is 10.1. The van der Waals surface area contributed by atoms with Gasteiger partial charge in [-0.3, -0.25) is 9.78 Å². The number of unbranched alkanes of at least 4 members (excludes halogenated alkanes) is 1. The summed E-state index contributed by atoms with van der Waals surface area (Å²) in [6.07, 6.45) is 2.36. The summed E-state index contributed by atoms with van der Waals surface area (Å²) < 4.78 is 11.4. The molecule has 1 N–H and O–H groups in total. The molecule has 23 heavy (non-hydrogen) atoms. The van der Waals surface area contributed by atoms with Crippen LogP contribution >= 0.6 is 0 Å². The summed E-state index contributed by atoms with van der Waals surface area (Å²) >= 11 is 0. The van der Waals surface area contributed by atoms with Crippen molar-refractivity contribution in [2.45, 2.75) is 26.2 Å². The summed E-state index contributed by atoms with van der Waals surface area (Å²) in [6, 6.07) is 1.33. The third-order valence-electron chi connectivity index (χ3n) is 3.93. The molecule has 1 fully saturated rings. The molecule has 0 atom stereocenters. The van der Waals surface area contributed by atoms with E-state index in [1.807, 2.05) is 6.92 Å². The predicted molar refractivity (Wildman–Crippen MR) is 84.7 cm³/mol. The molecule has 0 saturated carbocycles. The highest BCUT2D eigenvalue weighted by atomic mass is 16.5. The average Bonchev–Trinajstić information content (AvgIpc) is 2.53. The Bertz CT molecular complexity index is 873. The van der Waals surface area contributed by atoms with Crippen molar-refractivity contribution in [1.29, 1.82) is 0 Å². The highest BCUT2D eigenvalue weighted by molar-refractivity contribution is 5.75. The van der Waals surface area contributed by atoms with E-state index in [1.165, 1.54) is 6.07 Å². The number of ether oxygens (including phenoxy) is 1. The van der Waals surface area contributed by atoms with Crippen LogP contribution in [-0.4, -0.2) is 36.0 Å². The van der Waals surface area contributed by atoms with E-state index in [4.69, 9.17) is 9.15 Å². The second-order valence-corrected chi connectivity index (χ2v) is 5.51. The van der Waals surface area contributed by atoms with Crippen molar-refractivity contribution in [2.75, 3.05) is 31.3 Å². The monoisotopic (exact) mass is 321 g/mol. The van der Waals surface area contributed by atoms with E-state index in [9.17, 15) is 14.4 Å². The summed E-state index contributed by atoms with van der Waals surface area (Å²) in [6.45, 7) is 3.85. The highest BCUT2D eigenvalue weighted by Crippen LogP contribution is 2.12. The second-order valence-electron chi connectivity index (χ2n) is 5.51. The van der Waals surface area contributed by atoms with Crippen LogP contribution in [-0.2, 0) is 11.2 Å². The maximum absolute atomic E-state index is 12.8. The quantitative estimate of drug-likeness (QED) is 0.848.